The molecule has 0 N–H and O–H groups in total. The SMILES string of the molecule is CC(C)(C)c1cccc(-c2ccc3c(c2)c2ccccc2c2ccccc2c2ccccc2n3-c2cc(Cl)cc(Br)c2)c1. The van der Waals surface area contributed by atoms with Crippen molar-refractivity contribution in [3.63, 3.8) is 0 Å². The van der Waals surface area contributed by atoms with Crippen LogP contribution in [0.1, 0.15) is 26.3 Å². The Labute approximate surface area is 265 Å². The highest BCUT2D eigenvalue weighted by molar-refractivity contribution is 9.10. The number of aromatic nitrogens is 1. The number of rotatable bonds is 2. The van der Waals surface area contributed by atoms with E-state index >= 15 is 0 Å². The number of nitrogens with zero attached hydrogens (tertiary/aromatic N) is 1. The summed E-state index contributed by atoms with van der Waals surface area (Å²) in [5.74, 6) is 0. The third-order valence-corrected chi connectivity index (χ3v) is 8.95. The fraction of sp³-hybridized carbons (Fsp3) is 0.100. The second-order valence-electron chi connectivity index (χ2n) is 12.1. The molecule has 43 heavy (non-hydrogen) atoms. The zero-order chi connectivity index (χ0) is 29.7. The minimum atomic E-state index is 0.0638. The maximum atomic E-state index is 6.69. The van der Waals surface area contributed by atoms with Crippen LogP contribution < -0.4 is 0 Å². The van der Waals surface area contributed by atoms with Crippen molar-refractivity contribution in [2.45, 2.75) is 26.2 Å². The quantitative estimate of drug-likeness (QED) is 0.177. The lowest BCUT2D eigenvalue weighted by Gasteiger charge is -2.20. The van der Waals surface area contributed by atoms with Crippen molar-refractivity contribution >= 4 is 70.9 Å². The van der Waals surface area contributed by atoms with E-state index in [1.54, 1.807) is 0 Å². The van der Waals surface area contributed by atoms with Crippen LogP contribution in [0.15, 0.2) is 138 Å². The number of fused-ring (bicyclic) bond motifs is 7. The highest BCUT2D eigenvalue weighted by Gasteiger charge is 2.16. The van der Waals surface area contributed by atoms with Gasteiger partial charge in [0.2, 0.25) is 0 Å². The molecule has 7 rings (SSSR count). The van der Waals surface area contributed by atoms with E-state index in [0.717, 1.165) is 26.6 Å². The maximum Gasteiger partial charge on any atom is 0.0540 e. The van der Waals surface area contributed by atoms with Crippen molar-refractivity contribution < 1.29 is 0 Å². The van der Waals surface area contributed by atoms with Gasteiger partial charge in [0, 0.05) is 26.0 Å². The van der Waals surface area contributed by atoms with Gasteiger partial charge in [0.05, 0.1) is 11.0 Å². The molecule has 0 unspecified atom stereocenters. The van der Waals surface area contributed by atoms with E-state index in [0.29, 0.717) is 5.02 Å². The Morgan fingerprint density at radius 2 is 1.07 bits per heavy atom. The van der Waals surface area contributed by atoms with E-state index in [1.165, 1.54) is 43.6 Å². The van der Waals surface area contributed by atoms with E-state index in [9.17, 15) is 0 Å². The Kier molecular flexibility index (Phi) is 7.00. The third kappa shape index (κ3) is 5.09. The van der Waals surface area contributed by atoms with Gasteiger partial charge < -0.3 is 4.57 Å². The van der Waals surface area contributed by atoms with E-state index in [4.69, 9.17) is 11.6 Å². The van der Waals surface area contributed by atoms with Gasteiger partial charge in [-0.3, -0.25) is 0 Å². The summed E-state index contributed by atoms with van der Waals surface area (Å²) >= 11 is 10.4. The van der Waals surface area contributed by atoms with Crippen LogP contribution in [0.4, 0.5) is 0 Å². The lowest BCUT2D eigenvalue weighted by atomic mass is 9.85. The molecule has 0 aliphatic carbocycles. The minimum Gasteiger partial charge on any atom is -0.309 e. The van der Waals surface area contributed by atoms with Crippen LogP contribution >= 0.6 is 27.5 Å². The Morgan fingerprint density at radius 3 is 1.72 bits per heavy atom. The number of para-hydroxylation sites is 1. The molecule has 0 aliphatic heterocycles. The predicted molar refractivity (Wildman–Crippen MR) is 190 cm³/mol. The van der Waals surface area contributed by atoms with Gasteiger partial charge in [-0.15, -0.1) is 0 Å². The summed E-state index contributed by atoms with van der Waals surface area (Å²) in [7, 11) is 0. The minimum absolute atomic E-state index is 0.0638. The summed E-state index contributed by atoms with van der Waals surface area (Å²) in [6.45, 7) is 6.80. The van der Waals surface area contributed by atoms with Crippen LogP contribution in [0.2, 0.25) is 5.02 Å². The molecule has 0 bridgehead atoms. The largest absolute Gasteiger partial charge is 0.309 e. The van der Waals surface area contributed by atoms with Gasteiger partial charge in [0.25, 0.3) is 0 Å². The third-order valence-electron chi connectivity index (χ3n) is 8.27. The van der Waals surface area contributed by atoms with Crippen LogP contribution in [-0.4, -0.2) is 4.57 Å². The van der Waals surface area contributed by atoms with E-state index in [2.05, 4.69) is 163 Å². The van der Waals surface area contributed by atoms with E-state index in [1.807, 2.05) is 12.1 Å². The van der Waals surface area contributed by atoms with Gasteiger partial charge in [0.1, 0.15) is 0 Å². The molecule has 1 heterocycles. The van der Waals surface area contributed by atoms with Crippen LogP contribution in [0.25, 0.3) is 60.2 Å². The van der Waals surface area contributed by atoms with Gasteiger partial charge in [0.15, 0.2) is 0 Å². The fourth-order valence-corrected chi connectivity index (χ4v) is 7.01. The zero-order valence-electron chi connectivity index (χ0n) is 24.4. The Balaban J connectivity index is 1.76. The molecule has 0 aliphatic rings. The molecule has 0 fully saturated rings. The Bertz CT molecular complexity index is 2230. The molecule has 0 atom stereocenters. The van der Waals surface area contributed by atoms with E-state index in [-0.39, 0.29) is 5.41 Å². The normalized spacial score (nSPS) is 11.8. The molecule has 1 nitrogen and oxygen atoms in total. The predicted octanol–water partition coefficient (Wildman–Crippen LogP) is 12.6. The lowest BCUT2D eigenvalue weighted by molar-refractivity contribution is 0.590. The highest BCUT2D eigenvalue weighted by Crippen LogP contribution is 2.37. The van der Waals surface area contributed by atoms with Gasteiger partial charge in [-0.25, -0.2) is 0 Å². The molecule has 0 saturated carbocycles. The van der Waals surface area contributed by atoms with Gasteiger partial charge in [-0.1, -0.05) is 145 Å². The monoisotopic (exact) mass is 639 g/mol. The van der Waals surface area contributed by atoms with Gasteiger partial charge >= 0.3 is 0 Å². The summed E-state index contributed by atoms with van der Waals surface area (Å²) in [5, 5.41) is 7.82. The summed E-state index contributed by atoms with van der Waals surface area (Å²) < 4.78 is 3.29. The first kappa shape index (κ1) is 27.7. The first-order valence-corrected chi connectivity index (χ1v) is 15.7. The topological polar surface area (TPSA) is 4.93 Å². The average Bonchev–Trinajstić information content (AvgIpc) is 3.04. The Hall–Kier alpha value is -4.11. The van der Waals surface area contributed by atoms with Crippen LogP contribution in [-0.2, 0) is 5.41 Å². The van der Waals surface area contributed by atoms with Crippen molar-refractivity contribution in [1.29, 1.82) is 0 Å². The van der Waals surface area contributed by atoms with Crippen molar-refractivity contribution in [2.24, 2.45) is 0 Å². The van der Waals surface area contributed by atoms with Gasteiger partial charge in [-0.2, -0.15) is 0 Å². The molecule has 6 aromatic carbocycles. The maximum absolute atomic E-state index is 6.69. The van der Waals surface area contributed by atoms with Crippen LogP contribution in [0.3, 0.4) is 0 Å². The molecular formula is C40H31BrClN. The molecule has 1 aromatic heterocycles. The Morgan fingerprint density at radius 1 is 0.512 bits per heavy atom. The summed E-state index contributed by atoms with van der Waals surface area (Å²) in [4.78, 5) is 0. The number of halogens is 2. The van der Waals surface area contributed by atoms with E-state index < -0.39 is 0 Å². The number of benzene rings is 6. The summed E-state index contributed by atoms with van der Waals surface area (Å²) in [5.41, 5.74) is 6.97. The average molecular weight is 641 g/mol. The molecule has 0 spiro atoms. The molecule has 0 saturated heterocycles. The van der Waals surface area contributed by atoms with Crippen LogP contribution in [0.5, 0.6) is 0 Å². The summed E-state index contributed by atoms with van der Waals surface area (Å²) in [6.07, 6.45) is 0. The highest BCUT2D eigenvalue weighted by atomic mass is 79.9. The van der Waals surface area contributed by atoms with Crippen molar-refractivity contribution in [3.8, 4) is 16.8 Å². The standard InChI is InChI=1S/C40H31BrClN/c1-40(2,3)28-12-10-11-26(21-28)27-19-20-39-37(22-27)35-16-7-5-14-33(35)32-13-4-6-15-34(32)36-17-8-9-18-38(36)43(39)31-24-29(41)23-30(42)25-31/h4-25H,1-3H3. The smallest absolute Gasteiger partial charge is 0.0540 e. The van der Waals surface area contributed by atoms with Crippen molar-refractivity contribution in [2.75, 3.05) is 0 Å². The molecule has 0 amide bonds. The number of hydrogen-bond acceptors (Lipinski definition) is 0. The zero-order valence-corrected chi connectivity index (χ0v) is 26.7. The lowest BCUT2D eigenvalue weighted by Crippen LogP contribution is -2.10. The molecule has 3 heteroatoms. The first-order valence-electron chi connectivity index (χ1n) is 14.6. The molecule has 210 valence electrons. The fourth-order valence-electron chi connectivity index (χ4n) is 6.17. The second-order valence-corrected chi connectivity index (χ2v) is 13.5. The second kappa shape index (κ2) is 10.9. The summed E-state index contributed by atoms with van der Waals surface area (Å²) in [6, 6.07) is 48.2. The first-order chi connectivity index (χ1) is 20.8. The van der Waals surface area contributed by atoms with Crippen molar-refractivity contribution in [1.82, 2.24) is 4.57 Å². The molecule has 7 aromatic rings. The van der Waals surface area contributed by atoms with Crippen molar-refractivity contribution in [3.05, 3.63) is 149 Å². The molecular weight excluding hydrogens is 610 g/mol. The van der Waals surface area contributed by atoms with Crippen LogP contribution in [0, 0.1) is 0 Å². The number of hydrogen-bond donors (Lipinski definition) is 0. The molecule has 0 radical (unpaired) electrons. The van der Waals surface area contributed by atoms with Gasteiger partial charge in [-0.05, 0) is 80.0 Å².